The number of piperazine rings is 1. The smallest absolute Gasteiger partial charge is 0.383 e. The van der Waals surface area contributed by atoms with Crippen LogP contribution in [-0.4, -0.2) is 70.0 Å². The molecule has 82 valence electrons. The van der Waals surface area contributed by atoms with Crippen molar-refractivity contribution in [2.75, 3.05) is 52.9 Å². The molecule has 0 aromatic heterocycles. The van der Waals surface area contributed by atoms with Crippen LogP contribution in [0.1, 0.15) is 0 Å². The Bertz CT molecular complexity index is 154. The minimum absolute atomic E-state index is 0.0852. The van der Waals surface area contributed by atoms with Gasteiger partial charge in [0, 0.05) is 46.3 Å². The molecule has 0 aromatic carbocycles. The molecule has 1 rings (SSSR count). The van der Waals surface area contributed by atoms with Crippen molar-refractivity contribution in [2.45, 2.75) is 0 Å². The van der Waals surface area contributed by atoms with Crippen LogP contribution in [0.25, 0.3) is 0 Å². The molecular formula is C8H17BF2N2O. The van der Waals surface area contributed by atoms with Gasteiger partial charge in [0.1, 0.15) is 0 Å². The molecule has 1 aliphatic heterocycles. The second-order valence-corrected chi connectivity index (χ2v) is 3.53. The van der Waals surface area contributed by atoms with Gasteiger partial charge in [0.15, 0.2) is 0 Å². The van der Waals surface area contributed by atoms with Crippen LogP contribution >= 0.6 is 0 Å². The Labute approximate surface area is 84.2 Å². The van der Waals surface area contributed by atoms with E-state index >= 15 is 0 Å². The summed E-state index contributed by atoms with van der Waals surface area (Å²) in [5.74, 6) is 0. The standard InChI is InChI=1S/C8H17BF2N2O/c1-14-7-6-12-2-4-13(5-3-12)8-9(10)11/h2-8H2,1H3. The molecule has 1 heterocycles. The quantitative estimate of drug-likeness (QED) is 0.598. The molecule has 0 N–H and O–H groups in total. The van der Waals surface area contributed by atoms with Gasteiger partial charge in [-0.3, -0.25) is 13.5 Å². The molecule has 6 heteroatoms. The molecule has 0 atom stereocenters. The topological polar surface area (TPSA) is 15.7 Å². The van der Waals surface area contributed by atoms with Gasteiger partial charge in [0.05, 0.1) is 6.61 Å². The predicted molar refractivity (Wildman–Crippen MR) is 52.7 cm³/mol. The summed E-state index contributed by atoms with van der Waals surface area (Å²) in [5.41, 5.74) is 0. The molecule has 0 radical (unpaired) electrons. The number of hydrogen-bond donors (Lipinski definition) is 0. The minimum Gasteiger partial charge on any atom is -0.383 e. The van der Waals surface area contributed by atoms with Gasteiger partial charge in [-0.05, 0) is 0 Å². The Hall–Kier alpha value is -0.195. The maximum atomic E-state index is 12.0. The van der Waals surface area contributed by atoms with Crippen molar-refractivity contribution in [3.8, 4) is 0 Å². The Kier molecular flexibility index (Phi) is 5.36. The van der Waals surface area contributed by atoms with Crippen molar-refractivity contribution >= 4 is 7.27 Å². The summed E-state index contributed by atoms with van der Waals surface area (Å²) >= 11 is 0. The molecule has 14 heavy (non-hydrogen) atoms. The first-order valence-corrected chi connectivity index (χ1v) is 4.94. The fraction of sp³-hybridized carbons (Fsp3) is 1.00. The first kappa shape index (κ1) is 11.9. The zero-order valence-corrected chi connectivity index (χ0v) is 8.59. The minimum atomic E-state index is -2.21. The molecule has 0 aliphatic carbocycles. The van der Waals surface area contributed by atoms with E-state index in [1.165, 1.54) is 0 Å². The Morgan fingerprint density at radius 2 is 1.71 bits per heavy atom. The van der Waals surface area contributed by atoms with E-state index < -0.39 is 7.27 Å². The van der Waals surface area contributed by atoms with E-state index in [1.54, 1.807) is 7.11 Å². The maximum absolute atomic E-state index is 12.0. The summed E-state index contributed by atoms with van der Waals surface area (Å²) in [6.45, 7) is 4.85. The van der Waals surface area contributed by atoms with E-state index in [1.807, 2.05) is 4.90 Å². The third-order valence-electron chi connectivity index (χ3n) is 2.47. The van der Waals surface area contributed by atoms with Crippen molar-refractivity contribution in [3.63, 3.8) is 0 Å². The third kappa shape index (κ3) is 4.35. The Morgan fingerprint density at radius 1 is 1.14 bits per heavy atom. The highest BCUT2D eigenvalue weighted by Crippen LogP contribution is 2.02. The van der Waals surface area contributed by atoms with Crippen LogP contribution in [0.2, 0.25) is 0 Å². The molecule has 0 aromatic rings. The molecule has 1 fully saturated rings. The molecule has 0 unspecified atom stereocenters. The summed E-state index contributed by atoms with van der Waals surface area (Å²) < 4.78 is 29.0. The highest BCUT2D eigenvalue weighted by atomic mass is 19.2. The van der Waals surface area contributed by atoms with E-state index in [-0.39, 0.29) is 6.44 Å². The SMILES string of the molecule is COCCN1CCN(CB(F)F)CC1. The number of nitrogens with zero attached hydrogens (tertiary/aromatic N) is 2. The predicted octanol–water partition coefficient (Wildman–Crippen LogP) is 0.217. The van der Waals surface area contributed by atoms with Crippen molar-refractivity contribution in [3.05, 3.63) is 0 Å². The number of rotatable bonds is 5. The molecule has 3 nitrogen and oxygen atoms in total. The van der Waals surface area contributed by atoms with Crippen LogP contribution in [0.5, 0.6) is 0 Å². The van der Waals surface area contributed by atoms with Gasteiger partial charge < -0.3 is 9.64 Å². The maximum Gasteiger partial charge on any atom is 0.551 e. The Balaban J connectivity index is 2.11. The first-order valence-electron chi connectivity index (χ1n) is 4.94. The zero-order chi connectivity index (χ0) is 10.4. The molecule has 0 bridgehead atoms. The molecule has 1 aliphatic rings. The normalized spacial score (nSPS) is 19.9. The second-order valence-electron chi connectivity index (χ2n) is 3.53. The highest BCUT2D eigenvalue weighted by molar-refractivity contribution is 6.42. The van der Waals surface area contributed by atoms with Gasteiger partial charge in [-0.2, -0.15) is 0 Å². The zero-order valence-electron chi connectivity index (χ0n) is 8.59. The van der Waals surface area contributed by atoms with Crippen molar-refractivity contribution < 1.29 is 13.4 Å². The van der Waals surface area contributed by atoms with Crippen LogP contribution in [-0.2, 0) is 4.74 Å². The van der Waals surface area contributed by atoms with Gasteiger partial charge in [0.25, 0.3) is 0 Å². The van der Waals surface area contributed by atoms with Crippen LogP contribution in [0, 0.1) is 0 Å². The summed E-state index contributed by atoms with van der Waals surface area (Å²) in [4.78, 5) is 4.05. The molecule has 0 saturated carbocycles. The van der Waals surface area contributed by atoms with E-state index in [0.717, 1.165) is 39.3 Å². The Morgan fingerprint density at radius 3 is 2.21 bits per heavy atom. The average molecular weight is 206 g/mol. The largest absolute Gasteiger partial charge is 0.551 e. The fourth-order valence-electron chi connectivity index (χ4n) is 1.61. The summed E-state index contributed by atoms with van der Waals surface area (Å²) in [5, 5.41) is 0. The van der Waals surface area contributed by atoms with E-state index in [9.17, 15) is 8.63 Å². The lowest BCUT2D eigenvalue weighted by Crippen LogP contribution is -2.49. The van der Waals surface area contributed by atoms with E-state index in [4.69, 9.17) is 4.74 Å². The summed E-state index contributed by atoms with van der Waals surface area (Å²) in [7, 11) is -0.534. The van der Waals surface area contributed by atoms with Gasteiger partial charge in [-0.25, -0.2) is 0 Å². The van der Waals surface area contributed by atoms with E-state index in [0.29, 0.717) is 0 Å². The fourth-order valence-corrected chi connectivity index (χ4v) is 1.61. The lowest BCUT2D eigenvalue weighted by Gasteiger charge is -2.33. The number of ether oxygens (including phenoxy) is 1. The molecule has 0 amide bonds. The van der Waals surface area contributed by atoms with Crippen LogP contribution in [0.3, 0.4) is 0 Å². The molecule has 1 saturated heterocycles. The van der Waals surface area contributed by atoms with Gasteiger partial charge in [0.2, 0.25) is 0 Å². The lowest BCUT2D eigenvalue weighted by atomic mass is 9.98. The highest BCUT2D eigenvalue weighted by Gasteiger charge is 2.22. The monoisotopic (exact) mass is 206 g/mol. The first-order chi connectivity index (χ1) is 6.72. The van der Waals surface area contributed by atoms with E-state index in [2.05, 4.69) is 4.90 Å². The van der Waals surface area contributed by atoms with Crippen molar-refractivity contribution in [1.82, 2.24) is 9.80 Å². The second kappa shape index (κ2) is 6.32. The summed E-state index contributed by atoms with van der Waals surface area (Å²) in [6.07, 6.45) is -0.0852. The van der Waals surface area contributed by atoms with Gasteiger partial charge in [-0.1, -0.05) is 0 Å². The average Bonchev–Trinajstić information content (AvgIpc) is 2.16. The van der Waals surface area contributed by atoms with Crippen LogP contribution in [0.4, 0.5) is 8.63 Å². The van der Waals surface area contributed by atoms with Gasteiger partial charge >= 0.3 is 7.27 Å². The number of hydrogen-bond acceptors (Lipinski definition) is 3. The molecular weight excluding hydrogens is 189 g/mol. The molecule has 0 spiro atoms. The van der Waals surface area contributed by atoms with Crippen molar-refractivity contribution in [2.24, 2.45) is 0 Å². The number of halogens is 2. The van der Waals surface area contributed by atoms with Crippen molar-refractivity contribution in [1.29, 1.82) is 0 Å². The summed E-state index contributed by atoms with van der Waals surface area (Å²) in [6, 6.07) is 0. The van der Waals surface area contributed by atoms with Crippen LogP contribution in [0.15, 0.2) is 0 Å². The lowest BCUT2D eigenvalue weighted by molar-refractivity contribution is 0.103. The van der Waals surface area contributed by atoms with Gasteiger partial charge in [-0.15, -0.1) is 0 Å². The number of methoxy groups -OCH3 is 1. The third-order valence-corrected chi connectivity index (χ3v) is 2.47. The van der Waals surface area contributed by atoms with Crippen LogP contribution < -0.4 is 0 Å².